The highest BCUT2D eigenvalue weighted by atomic mass is 19.4. The molecule has 212 valence electrons. The smallest absolute Gasteiger partial charge is 0.406 e. The third kappa shape index (κ3) is 7.44. The van der Waals surface area contributed by atoms with Crippen LogP contribution in [0.3, 0.4) is 0 Å². The quantitative estimate of drug-likeness (QED) is 0.529. The first-order valence-electron chi connectivity index (χ1n) is 13.5. The third-order valence-corrected chi connectivity index (χ3v) is 7.84. The van der Waals surface area contributed by atoms with E-state index < -0.39 is 12.4 Å². The molecule has 2 aliphatic rings. The van der Waals surface area contributed by atoms with Crippen molar-refractivity contribution in [3.8, 4) is 5.75 Å². The van der Waals surface area contributed by atoms with Gasteiger partial charge in [-0.15, -0.1) is 13.2 Å². The fourth-order valence-electron chi connectivity index (χ4n) is 5.77. The largest absolute Gasteiger partial charge is 0.573 e. The third-order valence-electron chi connectivity index (χ3n) is 7.84. The highest BCUT2D eigenvalue weighted by molar-refractivity contribution is 5.77. The predicted octanol–water partition coefficient (Wildman–Crippen LogP) is 5.02. The van der Waals surface area contributed by atoms with Gasteiger partial charge >= 0.3 is 12.4 Å². The van der Waals surface area contributed by atoms with Crippen molar-refractivity contribution in [1.29, 1.82) is 0 Å². The molecule has 39 heavy (non-hydrogen) atoms. The Balaban J connectivity index is 1.49. The van der Waals surface area contributed by atoms with Gasteiger partial charge in [-0.3, -0.25) is 9.69 Å². The number of halogens is 3. The number of carbonyl (C=O) groups excluding carboxylic acids is 2. The van der Waals surface area contributed by atoms with Crippen LogP contribution in [0.25, 0.3) is 0 Å². The van der Waals surface area contributed by atoms with E-state index in [2.05, 4.69) is 23.5 Å². The number of nitrogens with two attached hydrogens (primary N) is 1. The maximum absolute atomic E-state index is 13.5. The van der Waals surface area contributed by atoms with Crippen molar-refractivity contribution in [3.05, 3.63) is 65.7 Å². The van der Waals surface area contributed by atoms with E-state index in [-0.39, 0.29) is 35.6 Å². The molecule has 0 bridgehead atoms. The van der Waals surface area contributed by atoms with Gasteiger partial charge in [0.1, 0.15) is 5.75 Å². The molecule has 2 fully saturated rings. The van der Waals surface area contributed by atoms with E-state index in [1.807, 2.05) is 35.2 Å². The summed E-state index contributed by atoms with van der Waals surface area (Å²) in [5.41, 5.74) is 7.28. The van der Waals surface area contributed by atoms with E-state index in [9.17, 15) is 22.8 Å². The van der Waals surface area contributed by atoms with Crippen molar-refractivity contribution in [2.45, 2.75) is 51.6 Å². The van der Waals surface area contributed by atoms with E-state index in [1.54, 1.807) is 17.0 Å². The molecule has 0 aromatic heterocycles. The van der Waals surface area contributed by atoms with Crippen LogP contribution in [0.15, 0.2) is 54.6 Å². The normalized spacial score (nSPS) is 20.2. The Kier molecular flexibility index (Phi) is 9.04. The van der Waals surface area contributed by atoms with Crippen LogP contribution in [0.1, 0.15) is 50.3 Å². The van der Waals surface area contributed by atoms with Crippen LogP contribution in [0, 0.1) is 11.8 Å². The molecule has 2 aromatic carbocycles. The second-order valence-electron chi connectivity index (χ2n) is 10.8. The first kappa shape index (κ1) is 28.7. The summed E-state index contributed by atoms with van der Waals surface area (Å²) in [5.74, 6) is 0.326. The van der Waals surface area contributed by atoms with Crippen LogP contribution in [0.4, 0.5) is 18.0 Å². The lowest BCUT2D eigenvalue weighted by Crippen LogP contribution is -2.58. The molecule has 4 rings (SSSR count). The van der Waals surface area contributed by atoms with Crippen LogP contribution < -0.4 is 10.5 Å². The average Bonchev–Trinajstić information content (AvgIpc) is 2.90. The van der Waals surface area contributed by atoms with E-state index in [0.29, 0.717) is 39.1 Å². The van der Waals surface area contributed by atoms with Crippen molar-refractivity contribution < 1.29 is 27.5 Å². The molecule has 1 unspecified atom stereocenters. The maximum atomic E-state index is 13.5. The van der Waals surface area contributed by atoms with Crippen LogP contribution in [0.5, 0.6) is 5.75 Å². The number of benzene rings is 2. The summed E-state index contributed by atoms with van der Waals surface area (Å²) in [5, 5.41) is 0. The lowest BCUT2D eigenvalue weighted by molar-refractivity contribution is -0.274. The first-order chi connectivity index (χ1) is 18.5. The fraction of sp³-hybridized carbons (Fsp3) is 0.517. The number of primary amides is 1. The predicted molar refractivity (Wildman–Crippen MR) is 142 cm³/mol. The summed E-state index contributed by atoms with van der Waals surface area (Å²) >= 11 is 0. The Labute approximate surface area is 227 Å². The van der Waals surface area contributed by atoms with E-state index in [0.717, 1.165) is 24.0 Å². The zero-order chi connectivity index (χ0) is 28.2. The molecular formula is C29H37F3N4O3. The molecular weight excluding hydrogens is 509 g/mol. The molecule has 2 aliphatic heterocycles. The van der Waals surface area contributed by atoms with Gasteiger partial charge in [0, 0.05) is 45.2 Å². The molecule has 2 atom stereocenters. The number of rotatable bonds is 7. The van der Waals surface area contributed by atoms with Gasteiger partial charge in [0.15, 0.2) is 0 Å². The van der Waals surface area contributed by atoms with Crippen molar-refractivity contribution in [3.63, 3.8) is 0 Å². The standard InChI is InChI=1S/C29H37F3N4O3/c1-20(2)25-19-35(16-17-36(25)26(37)18-21-12-14-34(15-13-21)28(33)38)27(22-6-4-3-5-7-22)23-8-10-24(11-9-23)39-29(30,31)32/h3-11,20-21,25,27H,12-19H2,1-2H3,(H2,33,38)/t25-,27?/m1/s1. The zero-order valence-corrected chi connectivity index (χ0v) is 22.4. The van der Waals surface area contributed by atoms with Gasteiger partial charge in [0.05, 0.1) is 6.04 Å². The zero-order valence-electron chi connectivity index (χ0n) is 22.4. The van der Waals surface area contributed by atoms with Gasteiger partial charge in [-0.05, 0) is 47.9 Å². The number of hydrogen-bond donors (Lipinski definition) is 1. The summed E-state index contributed by atoms with van der Waals surface area (Å²) in [6.45, 7) is 7.24. The number of nitrogens with zero attached hydrogens (tertiary/aromatic N) is 3. The van der Waals surface area contributed by atoms with Crippen LogP contribution in [-0.2, 0) is 4.79 Å². The lowest BCUT2D eigenvalue weighted by atomic mass is 9.90. The van der Waals surface area contributed by atoms with E-state index in [1.165, 1.54) is 12.1 Å². The molecule has 7 nitrogen and oxygen atoms in total. The van der Waals surface area contributed by atoms with Crippen LogP contribution >= 0.6 is 0 Å². The molecule has 10 heteroatoms. The first-order valence-corrected chi connectivity index (χ1v) is 13.5. The summed E-state index contributed by atoms with van der Waals surface area (Å²) in [4.78, 5) is 30.8. The van der Waals surface area contributed by atoms with Gasteiger partial charge in [0.25, 0.3) is 0 Å². The number of likely N-dealkylation sites (tertiary alicyclic amines) is 1. The summed E-state index contributed by atoms with van der Waals surface area (Å²) in [7, 11) is 0. The van der Waals surface area contributed by atoms with E-state index in [4.69, 9.17) is 5.73 Å². The van der Waals surface area contributed by atoms with Gasteiger partial charge < -0.3 is 20.3 Å². The molecule has 2 aromatic rings. The molecule has 2 N–H and O–H groups in total. The Morgan fingerprint density at radius 2 is 1.56 bits per heavy atom. The Morgan fingerprint density at radius 3 is 2.13 bits per heavy atom. The van der Waals surface area contributed by atoms with Crippen molar-refractivity contribution in [2.24, 2.45) is 17.6 Å². The number of alkyl halides is 3. The Bertz CT molecular complexity index is 1100. The van der Waals surface area contributed by atoms with Gasteiger partial charge in [-0.1, -0.05) is 56.3 Å². The summed E-state index contributed by atoms with van der Waals surface area (Å²) < 4.78 is 42.1. The number of carbonyl (C=O) groups is 2. The van der Waals surface area contributed by atoms with E-state index >= 15 is 0 Å². The van der Waals surface area contributed by atoms with Crippen LogP contribution in [-0.4, -0.2) is 71.8 Å². The summed E-state index contributed by atoms with van der Waals surface area (Å²) in [6, 6.07) is 15.3. The number of urea groups is 1. The monoisotopic (exact) mass is 546 g/mol. The molecule has 2 heterocycles. The minimum Gasteiger partial charge on any atom is -0.406 e. The molecule has 0 spiro atoms. The SMILES string of the molecule is CC(C)[C@H]1CN(C(c2ccccc2)c2ccc(OC(F)(F)F)cc2)CCN1C(=O)CC1CCN(C(N)=O)CC1. The molecule has 0 radical (unpaired) electrons. The number of ether oxygens (including phenoxy) is 1. The maximum Gasteiger partial charge on any atom is 0.573 e. The lowest BCUT2D eigenvalue weighted by Gasteiger charge is -2.47. The van der Waals surface area contributed by atoms with Crippen molar-refractivity contribution >= 4 is 11.9 Å². The molecule has 0 aliphatic carbocycles. The molecule has 2 saturated heterocycles. The number of piperidine rings is 1. The molecule has 0 saturated carbocycles. The van der Waals surface area contributed by atoms with Crippen molar-refractivity contribution in [1.82, 2.24) is 14.7 Å². The average molecular weight is 547 g/mol. The minimum atomic E-state index is -4.74. The molecule has 3 amide bonds. The number of amides is 3. The van der Waals surface area contributed by atoms with Crippen molar-refractivity contribution in [2.75, 3.05) is 32.7 Å². The minimum absolute atomic E-state index is 0.00370. The topological polar surface area (TPSA) is 79.1 Å². The van der Waals surface area contributed by atoms with Gasteiger partial charge in [0.2, 0.25) is 5.91 Å². The summed E-state index contributed by atoms with van der Waals surface area (Å²) in [6.07, 6.45) is -2.75. The highest BCUT2D eigenvalue weighted by Gasteiger charge is 2.37. The van der Waals surface area contributed by atoms with Gasteiger partial charge in [-0.2, -0.15) is 0 Å². The second kappa shape index (κ2) is 12.3. The Morgan fingerprint density at radius 1 is 0.949 bits per heavy atom. The Hall–Kier alpha value is -3.27. The van der Waals surface area contributed by atoms with Gasteiger partial charge in [-0.25, -0.2) is 4.79 Å². The number of piperazine rings is 1. The number of hydrogen-bond acceptors (Lipinski definition) is 4. The fourth-order valence-corrected chi connectivity index (χ4v) is 5.77. The van der Waals surface area contributed by atoms with Crippen LogP contribution in [0.2, 0.25) is 0 Å². The second-order valence-corrected chi connectivity index (χ2v) is 10.8. The highest BCUT2D eigenvalue weighted by Crippen LogP contribution is 2.34.